The lowest BCUT2D eigenvalue weighted by Gasteiger charge is -2.25. The van der Waals surface area contributed by atoms with Gasteiger partial charge in [0.05, 0.1) is 38.0 Å². The molecule has 42 heavy (non-hydrogen) atoms. The number of nitrogens with one attached hydrogen (secondary N) is 6. The number of hydrogen-bond donors (Lipinski definition) is 9. The van der Waals surface area contributed by atoms with Gasteiger partial charge in [0.15, 0.2) is 0 Å². The number of rotatable bonds is 23. The number of ether oxygens (including phenoxy) is 1. The Morgan fingerprint density at radius 1 is 0.905 bits per heavy atom. The molecule has 10 N–H and O–H groups in total. The van der Waals surface area contributed by atoms with Crippen molar-refractivity contribution in [1.82, 2.24) is 31.9 Å². The van der Waals surface area contributed by atoms with Crippen molar-refractivity contribution >= 4 is 53.2 Å². The zero-order valence-corrected chi connectivity index (χ0v) is 24.9. The molecule has 0 rings (SSSR count). The maximum absolute atomic E-state index is 12.6. The molecule has 240 valence electrons. The van der Waals surface area contributed by atoms with E-state index in [2.05, 4.69) is 31.9 Å². The van der Waals surface area contributed by atoms with Gasteiger partial charge in [0.2, 0.25) is 35.4 Å². The number of aliphatic carboxylic acids is 1. The zero-order chi connectivity index (χ0) is 32.1. The Bertz CT molecular complexity index is 935. The van der Waals surface area contributed by atoms with Crippen LogP contribution in [0.1, 0.15) is 33.1 Å². The fraction of sp³-hybridized carbons (Fsp3) is 0.708. The molecular formula is C24H43N7O10S. The maximum atomic E-state index is 12.6. The van der Waals surface area contributed by atoms with Crippen molar-refractivity contribution in [2.75, 3.05) is 58.8 Å². The molecule has 0 aromatic carbocycles. The van der Waals surface area contributed by atoms with Gasteiger partial charge in [-0.1, -0.05) is 0 Å². The van der Waals surface area contributed by atoms with Gasteiger partial charge in [-0.2, -0.15) is 0 Å². The number of carboxylic acids is 1. The summed E-state index contributed by atoms with van der Waals surface area (Å²) in [6.07, 6.45) is -0.921. The Kier molecular flexibility index (Phi) is 19.5. The summed E-state index contributed by atoms with van der Waals surface area (Å²) in [5.41, 5.74) is 4.09. The maximum Gasteiger partial charge on any atom is 0.305 e. The van der Waals surface area contributed by atoms with Crippen LogP contribution in [0.3, 0.4) is 0 Å². The average molecular weight is 622 g/mol. The molecule has 0 bridgehead atoms. The average Bonchev–Trinajstić information content (AvgIpc) is 2.89. The summed E-state index contributed by atoms with van der Waals surface area (Å²) in [7, 11) is 1.63. The Balaban J connectivity index is 4.71. The molecule has 2 unspecified atom stereocenters. The highest BCUT2D eigenvalue weighted by Crippen LogP contribution is 2.17. The van der Waals surface area contributed by atoms with Crippen molar-refractivity contribution in [2.45, 2.75) is 49.9 Å². The number of aliphatic hydroxyl groups is 1. The monoisotopic (exact) mass is 621 g/mol. The summed E-state index contributed by atoms with van der Waals surface area (Å²) in [5.74, 6) is -4.90. The van der Waals surface area contributed by atoms with Gasteiger partial charge in [0.25, 0.3) is 0 Å². The molecule has 17 nitrogen and oxygen atoms in total. The SMILES string of the molecule is CNCC(=O)NCCOCCC(=O)NC(CSC(CC(=O)O)C(=O)NCCC(=O)NC(C)(C)C(=O)NCCO)C(N)=O. The van der Waals surface area contributed by atoms with Crippen molar-refractivity contribution in [3.63, 3.8) is 0 Å². The number of hydrogen-bond acceptors (Lipinski definition) is 11. The van der Waals surface area contributed by atoms with Crippen LogP contribution in [-0.2, 0) is 38.3 Å². The molecule has 18 heteroatoms. The molecular weight excluding hydrogens is 578 g/mol. The molecule has 6 amide bonds. The first-order valence-corrected chi connectivity index (χ1v) is 14.2. The van der Waals surface area contributed by atoms with Gasteiger partial charge in [-0.25, -0.2) is 0 Å². The van der Waals surface area contributed by atoms with E-state index in [9.17, 15) is 38.7 Å². The quantitative estimate of drug-likeness (QED) is 0.0492. The Hall–Kier alpha value is -3.48. The number of likely N-dealkylation sites (N-methyl/N-ethyl adjacent to an activating group) is 1. The molecule has 0 radical (unpaired) electrons. The number of thioether (sulfide) groups is 1. The zero-order valence-electron chi connectivity index (χ0n) is 24.1. The van der Waals surface area contributed by atoms with E-state index in [1.807, 2.05) is 0 Å². The molecule has 0 aromatic heterocycles. The van der Waals surface area contributed by atoms with Gasteiger partial charge < -0.3 is 52.6 Å². The van der Waals surface area contributed by atoms with Crippen LogP contribution in [0.2, 0.25) is 0 Å². The number of amides is 6. The number of carbonyl (C=O) groups excluding carboxylic acids is 6. The second-order valence-corrected chi connectivity index (χ2v) is 10.6. The van der Waals surface area contributed by atoms with E-state index in [0.717, 1.165) is 11.8 Å². The first-order valence-electron chi connectivity index (χ1n) is 13.1. The molecule has 0 heterocycles. The van der Waals surface area contributed by atoms with Crippen LogP contribution < -0.4 is 37.6 Å². The number of aliphatic hydroxyl groups excluding tert-OH is 1. The highest BCUT2D eigenvalue weighted by atomic mass is 32.2. The number of carbonyl (C=O) groups is 7. The topological polar surface area (TPSA) is 267 Å². The predicted octanol–water partition coefficient (Wildman–Crippen LogP) is -4.22. The molecule has 0 aliphatic carbocycles. The Morgan fingerprint density at radius 3 is 2.19 bits per heavy atom. The van der Waals surface area contributed by atoms with E-state index < -0.39 is 58.8 Å². The minimum atomic E-state index is -1.28. The van der Waals surface area contributed by atoms with Crippen LogP contribution in [0.15, 0.2) is 0 Å². The largest absolute Gasteiger partial charge is 0.481 e. The van der Waals surface area contributed by atoms with Gasteiger partial charge in [-0.15, -0.1) is 11.8 Å². The van der Waals surface area contributed by atoms with Crippen molar-refractivity contribution < 1.29 is 48.5 Å². The summed E-state index contributed by atoms with van der Waals surface area (Å²) in [6, 6.07) is -1.20. The van der Waals surface area contributed by atoms with Crippen molar-refractivity contribution in [3.8, 4) is 0 Å². The fourth-order valence-corrected chi connectivity index (χ4v) is 4.25. The van der Waals surface area contributed by atoms with Crippen LogP contribution in [0, 0.1) is 0 Å². The van der Waals surface area contributed by atoms with Crippen molar-refractivity contribution in [1.29, 1.82) is 0 Å². The minimum Gasteiger partial charge on any atom is -0.481 e. The van der Waals surface area contributed by atoms with Gasteiger partial charge in [-0.3, -0.25) is 33.6 Å². The lowest BCUT2D eigenvalue weighted by Crippen LogP contribution is -2.55. The third-order valence-corrected chi connectivity index (χ3v) is 6.55. The van der Waals surface area contributed by atoms with Crippen LogP contribution in [0.25, 0.3) is 0 Å². The van der Waals surface area contributed by atoms with Crippen LogP contribution in [0.5, 0.6) is 0 Å². The molecule has 0 fully saturated rings. The number of carboxylic acid groups (broad SMARTS) is 1. The molecule has 0 aliphatic rings. The third kappa shape index (κ3) is 18.1. The lowest BCUT2D eigenvalue weighted by molar-refractivity contribution is -0.138. The number of nitrogens with two attached hydrogens (primary N) is 1. The van der Waals surface area contributed by atoms with Crippen LogP contribution in [-0.4, -0.2) is 127 Å². The highest BCUT2D eigenvalue weighted by molar-refractivity contribution is 8.00. The molecule has 0 spiro atoms. The summed E-state index contributed by atoms with van der Waals surface area (Å²) in [6.45, 7) is 3.11. The third-order valence-electron chi connectivity index (χ3n) is 5.24. The van der Waals surface area contributed by atoms with Crippen LogP contribution >= 0.6 is 11.8 Å². The molecule has 2 atom stereocenters. The van der Waals surface area contributed by atoms with Crippen molar-refractivity contribution in [2.24, 2.45) is 5.73 Å². The second-order valence-electron chi connectivity index (χ2n) is 9.38. The Labute approximate surface area is 248 Å². The van der Waals surface area contributed by atoms with E-state index in [0.29, 0.717) is 0 Å². The summed E-state index contributed by atoms with van der Waals surface area (Å²) in [4.78, 5) is 83.6. The summed E-state index contributed by atoms with van der Waals surface area (Å²) < 4.78 is 5.26. The van der Waals surface area contributed by atoms with E-state index in [-0.39, 0.29) is 70.5 Å². The molecule has 0 saturated carbocycles. The van der Waals surface area contributed by atoms with E-state index >= 15 is 0 Å². The van der Waals surface area contributed by atoms with Gasteiger partial charge in [0.1, 0.15) is 11.6 Å². The van der Waals surface area contributed by atoms with Crippen molar-refractivity contribution in [3.05, 3.63) is 0 Å². The van der Waals surface area contributed by atoms with E-state index in [1.165, 1.54) is 13.8 Å². The highest BCUT2D eigenvalue weighted by Gasteiger charge is 2.29. The number of primary amides is 1. The normalized spacial score (nSPS) is 12.4. The molecule has 0 aromatic rings. The first-order chi connectivity index (χ1) is 19.7. The van der Waals surface area contributed by atoms with E-state index in [1.54, 1.807) is 7.05 Å². The van der Waals surface area contributed by atoms with Crippen LogP contribution in [0.4, 0.5) is 0 Å². The van der Waals surface area contributed by atoms with Gasteiger partial charge in [-0.05, 0) is 20.9 Å². The Morgan fingerprint density at radius 2 is 1.60 bits per heavy atom. The second kappa shape index (κ2) is 21.3. The minimum absolute atomic E-state index is 0.00843. The fourth-order valence-electron chi connectivity index (χ4n) is 3.08. The summed E-state index contributed by atoms with van der Waals surface area (Å²) >= 11 is 0.799. The molecule has 0 aliphatic heterocycles. The first kappa shape index (κ1) is 38.5. The smallest absolute Gasteiger partial charge is 0.305 e. The van der Waals surface area contributed by atoms with Gasteiger partial charge in [0, 0.05) is 38.2 Å². The predicted molar refractivity (Wildman–Crippen MR) is 152 cm³/mol. The summed E-state index contributed by atoms with van der Waals surface area (Å²) in [5, 5.41) is 32.0. The van der Waals surface area contributed by atoms with E-state index in [4.69, 9.17) is 15.6 Å². The molecule has 0 saturated heterocycles. The standard InChI is InChI=1S/C24H43N7O10S/c1-24(2,23(40)29-7-9-32)31-18(34)4-6-28-22(39)16(12-20(36)37)42-14-15(21(25)38)30-17(33)5-10-41-11-8-27-19(35)13-26-3/h15-16,26,32H,4-14H2,1-3H3,(H2,25,38)(H,27,35)(H,28,39)(H,29,40)(H,30,33)(H,31,34)(H,36,37). The van der Waals surface area contributed by atoms with Gasteiger partial charge >= 0.3 is 5.97 Å². The lowest BCUT2D eigenvalue weighted by atomic mass is 10.0.